The molecule has 0 saturated heterocycles. The van der Waals surface area contributed by atoms with Crippen LogP contribution in [0.15, 0.2) is 48.5 Å². The molecule has 0 atom stereocenters. The van der Waals surface area contributed by atoms with E-state index in [1.807, 2.05) is 49.3 Å². The average Bonchev–Trinajstić information content (AvgIpc) is 3.13. The van der Waals surface area contributed by atoms with Gasteiger partial charge in [-0.1, -0.05) is 38.1 Å². The predicted molar refractivity (Wildman–Crippen MR) is 116 cm³/mol. The zero-order valence-corrected chi connectivity index (χ0v) is 17.8. The van der Waals surface area contributed by atoms with Gasteiger partial charge in [0.2, 0.25) is 5.82 Å². The van der Waals surface area contributed by atoms with Crippen LogP contribution in [0.5, 0.6) is 0 Å². The van der Waals surface area contributed by atoms with Gasteiger partial charge in [0.1, 0.15) is 5.82 Å². The Morgan fingerprint density at radius 3 is 2.40 bits per heavy atom. The first kappa shape index (κ1) is 21.0. The van der Waals surface area contributed by atoms with Gasteiger partial charge in [0, 0.05) is 25.3 Å². The molecule has 0 aliphatic heterocycles. The first-order valence-corrected chi connectivity index (χ1v) is 9.69. The summed E-state index contributed by atoms with van der Waals surface area (Å²) in [5.41, 5.74) is 8.09. The Kier molecular flexibility index (Phi) is 6.15. The maximum atomic E-state index is 12.5. The Labute approximate surface area is 175 Å². The molecule has 0 aliphatic rings. The molecule has 1 aromatic heterocycles. The average molecular weight is 406 g/mol. The molecular weight excluding hydrogens is 380 g/mol. The standard InChI is InChI=1S/C22H26N6O2/c1-14(2)18-11-6-7-12-19(18)28-15(3)23-20(26-28)22(30)25-24-21(29)16-9-8-10-17(13-16)27(4)5/h6-14H,1-5H3,(H,24,29)(H,25,30). The summed E-state index contributed by atoms with van der Waals surface area (Å²) in [6.07, 6.45) is 0. The highest BCUT2D eigenvalue weighted by Gasteiger charge is 2.18. The summed E-state index contributed by atoms with van der Waals surface area (Å²) in [5.74, 6) is -0.157. The SMILES string of the molecule is Cc1nc(C(=O)NNC(=O)c2cccc(N(C)C)c2)nn1-c1ccccc1C(C)C. The van der Waals surface area contributed by atoms with Crippen molar-refractivity contribution < 1.29 is 9.59 Å². The normalized spacial score (nSPS) is 10.7. The van der Waals surface area contributed by atoms with Crippen molar-refractivity contribution in [3.05, 3.63) is 71.3 Å². The second-order valence-electron chi connectivity index (χ2n) is 7.46. The van der Waals surface area contributed by atoms with Crippen molar-refractivity contribution in [2.24, 2.45) is 0 Å². The van der Waals surface area contributed by atoms with Crippen LogP contribution < -0.4 is 15.8 Å². The van der Waals surface area contributed by atoms with Crippen LogP contribution in [0, 0.1) is 6.92 Å². The summed E-state index contributed by atoms with van der Waals surface area (Å²) in [5, 5.41) is 4.35. The van der Waals surface area contributed by atoms with E-state index in [1.54, 1.807) is 29.8 Å². The van der Waals surface area contributed by atoms with Gasteiger partial charge in [-0.15, -0.1) is 5.10 Å². The lowest BCUT2D eigenvalue weighted by Crippen LogP contribution is -2.42. The molecule has 30 heavy (non-hydrogen) atoms. The van der Waals surface area contributed by atoms with E-state index < -0.39 is 11.8 Å². The number of carbonyl (C=O) groups excluding carboxylic acids is 2. The molecule has 156 valence electrons. The molecule has 0 aliphatic carbocycles. The molecule has 0 fully saturated rings. The number of rotatable bonds is 5. The van der Waals surface area contributed by atoms with Crippen LogP contribution in [-0.4, -0.2) is 40.7 Å². The highest BCUT2D eigenvalue weighted by atomic mass is 16.2. The fourth-order valence-corrected chi connectivity index (χ4v) is 3.05. The molecule has 2 N–H and O–H groups in total. The Hall–Kier alpha value is -3.68. The lowest BCUT2D eigenvalue weighted by molar-refractivity contribution is 0.0841. The maximum Gasteiger partial charge on any atom is 0.309 e. The number of carbonyl (C=O) groups is 2. The second-order valence-corrected chi connectivity index (χ2v) is 7.46. The van der Waals surface area contributed by atoms with E-state index >= 15 is 0 Å². The van der Waals surface area contributed by atoms with Gasteiger partial charge in [-0.05, 0) is 42.7 Å². The minimum Gasteiger partial charge on any atom is -0.378 e. The van der Waals surface area contributed by atoms with E-state index in [0.29, 0.717) is 17.3 Å². The molecule has 8 heteroatoms. The Bertz CT molecular complexity index is 1070. The lowest BCUT2D eigenvalue weighted by Gasteiger charge is -2.13. The van der Waals surface area contributed by atoms with Crippen molar-refractivity contribution in [1.82, 2.24) is 25.6 Å². The maximum absolute atomic E-state index is 12.5. The van der Waals surface area contributed by atoms with Gasteiger partial charge in [-0.2, -0.15) is 0 Å². The number of hydrazine groups is 1. The molecule has 0 unspecified atom stereocenters. The number of nitrogens with one attached hydrogen (secondary N) is 2. The molecule has 0 radical (unpaired) electrons. The van der Waals surface area contributed by atoms with Crippen molar-refractivity contribution in [2.45, 2.75) is 26.7 Å². The molecule has 1 heterocycles. The lowest BCUT2D eigenvalue weighted by atomic mass is 10.0. The first-order chi connectivity index (χ1) is 14.3. The molecule has 0 bridgehead atoms. The Morgan fingerprint density at radius 1 is 1.00 bits per heavy atom. The van der Waals surface area contributed by atoms with Crippen LogP contribution in [0.2, 0.25) is 0 Å². The van der Waals surface area contributed by atoms with E-state index in [-0.39, 0.29) is 5.82 Å². The Morgan fingerprint density at radius 2 is 1.70 bits per heavy atom. The predicted octanol–water partition coefficient (Wildman–Crippen LogP) is 2.84. The third kappa shape index (κ3) is 4.48. The number of aromatic nitrogens is 3. The molecule has 0 saturated carbocycles. The number of aryl methyl sites for hydroxylation is 1. The minimum atomic E-state index is -0.587. The number of benzene rings is 2. The zero-order valence-electron chi connectivity index (χ0n) is 17.8. The monoisotopic (exact) mass is 406 g/mol. The highest BCUT2D eigenvalue weighted by molar-refractivity contribution is 5.98. The Balaban J connectivity index is 1.74. The van der Waals surface area contributed by atoms with Crippen LogP contribution in [0.25, 0.3) is 5.69 Å². The largest absolute Gasteiger partial charge is 0.378 e. The van der Waals surface area contributed by atoms with Crippen LogP contribution >= 0.6 is 0 Å². The van der Waals surface area contributed by atoms with Gasteiger partial charge >= 0.3 is 5.91 Å². The number of nitrogens with zero attached hydrogens (tertiary/aromatic N) is 4. The van der Waals surface area contributed by atoms with Crippen molar-refractivity contribution in [1.29, 1.82) is 0 Å². The number of anilines is 1. The summed E-state index contributed by atoms with van der Waals surface area (Å²) >= 11 is 0. The van der Waals surface area contributed by atoms with Crippen LogP contribution in [0.1, 0.15) is 52.1 Å². The third-order valence-corrected chi connectivity index (χ3v) is 4.67. The fraction of sp³-hybridized carbons (Fsp3) is 0.273. The summed E-state index contributed by atoms with van der Waals surface area (Å²) in [4.78, 5) is 31.0. The van der Waals surface area contributed by atoms with Crippen molar-refractivity contribution >= 4 is 17.5 Å². The highest BCUT2D eigenvalue weighted by Crippen LogP contribution is 2.23. The van der Waals surface area contributed by atoms with Crippen molar-refractivity contribution in [2.75, 3.05) is 19.0 Å². The van der Waals surface area contributed by atoms with E-state index in [0.717, 1.165) is 16.9 Å². The van der Waals surface area contributed by atoms with E-state index in [2.05, 4.69) is 34.8 Å². The van der Waals surface area contributed by atoms with Crippen LogP contribution in [0.4, 0.5) is 5.69 Å². The minimum absolute atomic E-state index is 0.0200. The van der Waals surface area contributed by atoms with Crippen molar-refractivity contribution in [3.8, 4) is 5.69 Å². The topological polar surface area (TPSA) is 92.2 Å². The second kappa shape index (κ2) is 8.77. The van der Waals surface area contributed by atoms with Gasteiger partial charge in [-0.25, -0.2) is 9.67 Å². The molecule has 0 spiro atoms. The third-order valence-electron chi connectivity index (χ3n) is 4.67. The summed E-state index contributed by atoms with van der Waals surface area (Å²) in [6, 6.07) is 15.0. The number of para-hydroxylation sites is 1. The molecule has 2 amide bonds. The molecule has 8 nitrogen and oxygen atoms in total. The number of hydrogen-bond donors (Lipinski definition) is 2. The van der Waals surface area contributed by atoms with Crippen LogP contribution in [-0.2, 0) is 0 Å². The summed E-state index contributed by atoms with van der Waals surface area (Å²) < 4.78 is 1.65. The molecule has 3 aromatic rings. The van der Waals surface area contributed by atoms with E-state index in [9.17, 15) is 9.59 Å². The smallest absolute Gasteiger partial charge is 0.309 e. The van der Waals surface area contributed by atoms with E-state index in [4.69, 9.17) is 0 Å². The van der Waals surface area contributed by atoms with Crippen LogP contribution in [0.3, 0.4) is 0 Å². The summed E-state index contributed by atoms with van der Waals surface area (Å²) in [7, 11) is 3.78. The molecule has 3 rings (SSSR count). The first-order valence-electron chi connectivity index (χ1n) is 9.69. The van der Waals surface area contributed by atoms with E-state index in [1.165, 1.54) is 0 Å². The van der Waals surface area contributed by atoms with Gasteiger partial charge < -0.3 is 4.90 Å². The number of amides is 2. The quantitative estimate of drug-likeness (QED) is 0.636. The summed E-state index contributed by atoms with van der Waals surface area (Å²) in [6.45, 7) is 5.98. The van der Waals surface area contributed by atoms with Gasteiger partial charge in [0.05, 0.1) is 5.69 Å². The van der Waals surface area contributed by atoms with Crippen molar-refractivity contribution in [3.63, 3.8) is 0 Å². The molecule has 2 aromatic carbocycles. The van der Waals surface area contributed by atoms with Gasteiger partial charge in [0.25, 0.3) is 5.91 Å². The fourth-order valence-electron chi connectivity index (χ4n) is 3.05. The van der Waals surface area contributed by atoms with Gasteiger partial charge in [0.15, 0.2) is 0 Å². The molecular formula is C22H26N6O2. The zero-order chi connectivity index (χ0) is 21.8. The van der Waals surface area contributed by atoms with Gasteiger partial charge in [-0.3, -0.25) is 20.4 Å². The number of hydrogen-bond acceptors (Lipinski definition) is 5.